The Kier molecular flexibility index (Phi) is 5.37. The smallest absolute Gasteiger partial charge is 0.342 e. The Balaban J connectivity index is 1.58. The van der Waals surface area contributed by atoms with Crippen molar-refractivity contribution in [1.29, 1.82) is 0 Å². The van der Waals surface area contributed by atoms with Gasteiger partial charge in [-0.05, 0) is 37.5 Å². The molecule has 1 atom stereocenters. The zero-order chi connectivity index (χ0) is 20.2. The second-order valence-electron chi connectivity index (χ2n) is 7.15. The van der Waals surface area contributed by atoms with E-state index < -0.39 is 12.1 Å². The van der Waals surface area contributed by atoms with Crippen LogP contribution in [-0.4, -0.2) is 38.8 Å². The standard InChI is InChI=1S/C22H22N4O3/c1-15(21(27)24-18-9-10-18)29-22(28)19-14-26(13-16-6-3-2-4-7-16)25-20(19)17-8-5-11-23-12-17/h2-8,11-12,14-15,18H,9-10,13H2,1H3,(H,24,27)/t15-/m1/s1. The number of carbonyl (C=O) groups excluding carboxylic acids is 2. The van der Waals surface area contributed by atoms with Gasteiger partial charge < -0.3 is 10.1 Å². The Labute approximate surface area is 168 Å². The molecule has 7 nitrogen and oxygen atoms in total. The number of hydrogen-bond donors (Lipinski definition) is 1. The van der Waals surface area contributed by atoms with Crippen LogP contribution in [0.4, 0.5) is 0 Å². The Morgan fingerprint density at radius 1 is 1.21 bits per heavy atom. The number of amides is 1. The fourth-order valence-corrected chi connectivity index (χ4v) is 2.96. The first-order valence-electron chi connectivity index (χ1n) is 9.63. The van der Waals surface area contributed by atoms with Crippen LogP contribution in [0.3, 0.4) is 0 Å². The lowest BCUT2D eigenvalue weighted by molar-refractivity contribution is -0.129. The summed E-state index contributed by atoms with van der Waals surface area (Å²) in [6, 6.07) is 13.7. The molecule has 0 unspecified atom stereocenters. The molecule has 0 bridgehead atoms. The van der Waals surface area contributed by atoms with Gasteiger partial charge in [0.2, 0.25) is 0 Å². The Hall–Kier alpha value is -3.48. The summed E-state index contributed by atoms with van der Waals surface area (Å²) in [6.07, 6.45) is 6.04. The van der Waals surface area contributed by atoms with Gasteiger partial charge in [0, 0.05) is 30.2 Å². The van der Waals surface area contributed by atoms with Crippen LogP contribution in [0.2, 0.25) is 0 Å². The molecule has 1 fully saturated rings. The van der Waals surface area contributed by atoms with Gasteiger partial charge in [-0.2, -0.15) is 5.10 Å². The van der Waals surface area contributed by atoms with Gasteiger partial charge in [-0.1, -0.05) is 30.3 Å². The third kappa shape index (κ3) is 4.68. The number of hydrogen-bond acceptors (Lipinski definition) is 5. The monoisotopic (exact) mass is 390 g/mol. The molecule has 29 heavy (non-hydrogen) atoms. The highest BCUT2D eigenvalue weighted by molar-refractivity contribution is 5.97. The van der Waals surface area contributed by atoms with E-state index in [0.717, 1.165) is 18.4 Å². The molecule has 2 heterocycles. The third-order valence-electron chi connectivity index (χ3n) is 4.68. The lowest BCUT2D eigenvalue weighted by Gasteiger charge is -2.13. The van der Waals surface area contributed by atoms with Crippen molar-refractivity contribution >= 4 is 11.9 Å². The lowest BCUT2D eigenvalue weighted by atomic mass is 10.1. The van der Waals surface area contributed by atoms with E-state index in [2.05, 4.69) is 15.4 Å². The number of rotatable bonds is 7. The SMILES string of the molecule is C[C@@H](OC(=O)c1cn(Cc2ccccc2)nc1-c1cccnc1)C(=O)NC1CC1. The van der Waals surface area contributed by atoms with E-state index in [1.807, 2.05) is 36.4 Å². The van der Waals surface area contributed by atoms with E-state index in [-0.39, 0.29) is 11.9 Å². The molecule has 1 N–H and O–H groups in total. The van der Waals surface area contributed by atoms with Crippen molar-refractivity contribution < 1.29 is 14.3 Å². The summed E-state index contributed by atoms with van der Waals surface area (Å²) >= 11 is 0. The largest absolute Gasteiger partial charge is 0.449 e. The van der Waals surface area contributed by atoms with Crippen LogP contribution in [0.5, 0.6) is 0 Å². The zero-order valence-electron chi connectivity index (χ0n) is 16.1. The molecule has 1 amide bonds. The van der Waals surface area contributed by atoms with Crippen LogP contribution in [0, 0.1) is 0 Å². The first-order valence-corrected chi connectivity index (χ1v) is 9.63. The number of pyridine rings is 1. The van der Waals surface area contributed by atoms with Crippen LogP contribution in [-0.2, 0) is 16.1 Å². The summed E-state index contributed by atoms with van der Waals surface area (Å²) in [7, 11) is 0. The van der Waals surface area contributed by atoms with Gasteiger partial charge in [0.25, 0.3) is 5.91 Å². The van der Waals surface area contributed by atoms with Gasteiger partial charge in [0.1, 0.15) is 11.3 Å². The minimum absolute atomic E-state index is 0.211. The van der Waals surface area contributed by atoms with Crippen LogP contribution in [0.25, 0.3) is 11.3 Å². The lowest BCUT2D eigenvalue weighted by Crippen LogP contribution is -2.37. The fourth-order valence-electron chi connectivity index (χ4n) is 2.96. The highest BCUT2D eigenvalue weighted by Gasteiger charge is 2.28. The topological polar surface area (TPSA) is 86.1 Å². The molecule has 1 aliphatic rings. The zero-order valence-corrected chi connectivity index (χ0v) is 16.1. The minimum atomic E-state index is -0.873. The Morgan fingerprint density at radius 2 is 2.00 bits per heavy atom. The number of ether oxygens (including phenoxy) is 1. The van der Waals surface area contributed by atoms with Gasteiger partial charge in [-0.15, -0.1) is 0 Å². The van der Waals surface area contributed by atoms with Crippen molar-refractivity contribution in [2.75, 3.05) is 0 Å². The van der Waals surface area contributed by atoms with Crippen LogP contribution < -0.4 is 5.32 Å². The van der Waals surface area contributed by atoms with Gasteiger partial charge in [0.05, 0.1) is 6.54 Å². The summed E-state index contributed by atoms with van der Waals surface area (Å²) in [4.78, 5) is 29.1. The van der Waals surface area contributed by atoms with Crippen molar-refractivity contribution in [1.82, 2.24) is 20.1 Å². The van der Waals surface area contributed by atoms with Crippen molar-refractivity contribution in [2.24, 2.45) is 0 Å². The summed E-state index contributed by atoms with van der Waals surface area (Å²) in [5.74, 6) is -0.859. The first kappa shape index (κ1) is 18.9. The van der Waals surface area contributed by atoms with E-state index in [1.54, 1.807) is 36.3 Å². The fraction of sp³-hybridized carbons (Fsp3) is 0.273. The summed E-state index contributed by atoms with van der Waals surface area (Å²) in [5, 5.41) is 7.43. The highest BCUT2D eigenvalue weighted by atomic mass is 16.5. The van der Waals surface area contributed by atoms with Gasteiger partial charge >= 0.3 is 5.97 Å². The molecule has 7 heteroatoms. The van der Waals surface area contributed by atoms with E-state index in [4.69, 9.17) is 4.74 Å². The first-order chi connectivity index (χ1) is 14.1. The van der Waals surface area contributed by atoms with Gasteiger partial charge in [0.15, 0.2) is 6.10 Å². The molecule has 3 aromatic rings. The number of esters is 1. The molecular formula is C22H22N4O3. The predicted octanol–water partition coefficient (Wildman–Crippen LogP) is 2.82. The normalized spacial score (nSPS) is 14.2. The molecule has 1 aromatic carbocycles. The second-order valence-corrected chi connectivity index (χ2v) is 7.15. The summed E-state index contributed by atoms with van der Waals surface area (Å²) in [6.45, 7) is 2.09. The summed E-state index contributed by atoms with van der Waals surface area (Å²) in [5.41, 5.74) is 2.56. The third-order valence-corrected chi connectivity index (χ3v) is 4.68. The van der Waals surface area contributed by atoms with Gasteiger partial charge in [-0.3, -0.25) is 14.5 Å². The van der Waals surface area contributed by atoms with Crippen LogP contribution in [0.1, 0.15) is 35.7 Å². The van der Waals surface area contributed by atoms with Crippen molar-refractivity contribution in [3.63, 3.8) is 0 Å². The highest BCUT2D eigenvalue weighted by Crippen LogP contribution is 2.23. The molecule has 0 saturated heterocycles. The maximum absolute atomic E-state index is 12.8. The molecular weight excluding hydrogens is 368 g/mol. The van der Waals surface area contributed by atoms with Crippen LogP contribution in [0.15, 0.2) is 61.1 Å². The quantitative estimate of drug-likeness (QED) is 0.627. The molecule has 0 radical (unpaired) electrons. The van der Waals surface area contributed by atoms with E-state index in [1.165, 1.54) is 0 Å². The molecule has 1 aliphatic carbocycles. The predicted molar refractivity (Wildman–Crippen MR) is 107 cm³/mol. The number of nitrogens with one attached hydrogen (secondary N) is 1. The average Bonchev–Trinajstić information content (AvgIpc) is 3.45. The Bertz CT molecular complexity index is 997. The molecule has 1 saturated carbocycles. The molecule has 0 aliphatic heterocycles. The number of benzene rings is 1. The van der Waals surface area contributed by atoms with Crippen molar-refractivity contribution in [2.45, 2.75) is 38.5 Å². The molecule has 2 aromatic heterocycles. The molecule has 0 spiro atoms. The average molecular weight is 390 g/mol. The maximum Gasteiger partial charge on any atom is 0.342 e. The van der Waals surface area contributed by atoms with Gasteiger partial charge in [-0.25, -0.2) is 4.79 Å². The molecule has 148 valence electrons. The number of carbonyl (C=O) groups is 2. The molecule has 4 rings (SSSR count). The Morgan fingerprint density at radius 3 is 2.69 bits per heavy atom. The maximum atomic E-state index is 12.8. The second kappa shape index (κ2) is 8.26. The van der Waals surface area contributed by atoms with Crippen molar-refractivity contribution in [3.8, 4) is 11.3 Å². The summed E-state index contributed by atoms with van der Waals surface area (Å²) < 4.78 is 7.13. The minimum Gasteiger partial charge on any atom is -0.449 e. The van der Waals surface area contributed by atoms with E-state index in [0.29, 0.717) is 23.4 Å². The van der Waals surface area contributed by atoms with Crippen molar-refractivity contribution in [3.05, 3.63) is 72.2 Å². The van der Waals surface area contributed by atoms with E-state index in [9.17, 15) is 9.59 Å². The number of aromatic nitrogens is 3. The number of nitrogens with zero attached hydrogens (tertiary/aromatic N) is 3. The van der Waals surface area contributed by atoms with E-state index >= 15 is 0 Å². The van der Waals surface area contributed by atoms with Crippen LogP contribution >= 0.6 is 0 Å².